The SMILES string of the molecule is CNCc1cc(Cl)cc(Cl)c1OCc1cc(Cl)ccc1F. The van der Waals surface area contributed by atoms with Gasteiger partial charge in [-0.25, -0.2) is 4.39 Å². The Hall–Kier alpha value is -1.00. The van der Waals surface area contributed by atoms with E-state index in [2.05, 4.69) is 5.32 Å². The molecule has 0 aliphatic carbocycles. The van der Waals surface area contributed by atoms with Crippen molar-refractivity contribution in [2.75, 3.05) is 7.05 Å². The largest absolute Gasteiger partial charge is 0.487 e. The summed E-state index contributed by atoms with van der Waals surface area (Å²) in [6.45, 7) is 0.568. The van der Waals surface area contributed by atoms with Gasteiger partial charge >= 0.3 is 0 Å². The van der Waals surface area contributed by atoms with E-state index < -0.39 is 0 Å². The van der Waals surface area contributed by atoms with Crippen LogP contribution in [0.25, 0.3) is 0 Å². The number of rotatable bonds is 5. The van der Waals surface area contributed by atoms with Gasteiger partial charge < -0.3 is 10.1 Å². The summed E-state index contributed by atoms with van der Waals surface area (Å²) in [6.07, 6.45) is 0. The highest BCUT2D eigenvalue weighted by Crippen LogP contribution is 2.33. The Morgan fingerprint density at radius 1 is 1.05 bits per heavy atom. The van der Waals surface area contributed by atoms with Gasteiger partial charge in [0.2, 0.25) is 0 Å². The van der Waals surface area contributed by atoms with Crippen molar-refractivity contribution in [3.05, 3.63) is 62.3 Å². The number of benzene rings is 2. The van der Waals surface area contributed by atoms with Gasteiger partial charge in [-0.15, -0.1) is 0 Å². The molecule has 0 fully saturated rings. The fourth-order valence-electron chi connectivity index (χ4n) is 1.90. The summed E-state index contributed by atoms with van der Waals surface area (Å²) < 4.78 is 19.3. The third-order valence-corrected chi connectivity index (χ3v) is 3.57. The molecule has 0 unspecified atom stereocenters. The van der Waals surface area contributed by atoms with Gasteiger partial charge in [0.15, 0.2) is 0 Å². The van der Waals surface area contributed by atoms with Crippen LogP contribution in [0.5, 0.6) is 5.75 Å². The highest BCUT2D eigenvalue weighted by Gasteiger charge is 2.12. The predicted octanol–water partition coefficient (Wildman–Crippen LogP) is 5.08. The Balaban J connectivity index is 2.25. The highest BCUT2D eigenvalue weighted by molar-refractivity contribution is 6.35. The summed E-state index contributed by atoms with van der Waals surface area (Å²) in [5.74, 6) is 0.106. The smallest absolute Gasteiger partial charge is 0.142 e. The van der Waals surface area contributed by atoms with Gasteiger partial charge in [-0.3, -0.25) is 0 Å². The van der Waals surface area contributed by atoms with Crippen LogP contribution in [0.1, 0.15) is 11.1 Å². The van der Waals surface area contributed by atoms with Crippen molar-refractivity contribution in [3.8, 4) is 5.75 Å². The quantitative estimate of drug-likeness (QED) is 0.813. The van der Waals surface area contributed by atoms with Crippen molar-refractivity contribution < 1.29 is 9.13 Å². The molecule has 0 saturated heterocycles. The number of hydrogen-bond acceptors (Lipinski definition) is 2. The Morgan fingerprint density at radius 2 is 1.76 bits per heavy atom. The Bertz CT molecular complexity index is 649. The summed E-state index contributed by atoms with van der Waals surface area (Å²) in [7, 11) is 1.80. The minimum absolute atomic E-state index is 0.0322. The van der Waals surface area contributed by atoms with E-state index in [1.54, 1.807) is 19.2 Å². The number of ether oxygens (including phenoxy) is 1. The van der Waals surface area contributed by atoms with Crippen LogP contribution in [0, 0.1) is 5.82 Å². The molecule has 6 heteroatoms. The lowest BCUT2D eigenvalue weighted by atomic mass is 10.2. The second-order valence-electron chi connectivity index (χ2n) is 4.43. The Morgan fingerprint density at radius 3 is 2.48 bits per heavy atom. The van der Waals surface area contributed by atoms with E-state index in [0.29, 0.717) is 32.9 Å². The molecule has 2 nitrogen and oxygen atoms in total. The summed E-state index contributed by atoms with van der Waals surface area (Å²) in [4.78, 5) is 0. The fourth-order valence-corrected chi connectivity index (χ4v) is 2.69. The molecule has 21 heavy (non-hydrogen) atoms. The molecule has 0 heterocycles. The van der Waals surface area contributed by atoms with E-state index in [1.807, 2.05) is 0 Å². The van der Waals surface area contributed by atoms with Crippen molar-refractivity contribution in [2.45, 2.75) is 13.2 Å². The van der Waals surface area contributed by atoms with Crippen LogP contribution in [-0.4, -0.2) is 7.05 Å². The van der Waals surface area contributed by atoms with Gasteiger partial charge in [0, 0.05) is 27.7 Å². The van der Waals surface area contributed by atoms with Gasteiger partial charge in [-0.2, -0.15) is 0 Å². The summed E-state index contributed by atoms with van der Waals surface area (Å²) in [5, 5.41) is 4.36. The molecule has 1 N–H and O–H groups in total. The molecular formula is C15H13Cl3FNO. The summed E-state index contributed by atoms with van der Waals surface area (Å²) in [6, 6.07) is 7.67. The minimum atomic E-state index is -0.375. The zero-order chi connectivity index (χ0) is 15.4. The molecule has 2 aromatic rings. The number of nitrogens with one attached hydrogen (secondary N) is 1. The van der Waals surface area contributed by atoms with E-state index >= 15 is 0 Å². The lowest BCUT2D eigenvalue weighted by molar-refractivity contribution is 0.296. The van der Waals surface area contributed by atoms with Crippen molar-refractivity contribution in [1.82, 2.24) is 5.32 Å². The summed E-state index contributed by atoms with van der Waals surface area (Å²) >= 11 is 18.0. The van der Waals surface area contributed by atoms with Crippen molar-refractivity contribution in [3.63, 3.8) is 0 Å². The van der Waals surface area contributed by atoms with Crippen LogP contribution in [0.2, 0.25) is 15.1 Å². The van der Waals surface area contributed by atoms with E-state index in [9.17, 15) is 4.39 Å². The first-order valence-electron chi connectivity index (χ1n) is 6.20. The van der Waals surface area contributed by atoms with Crippen LogP contribution in [0.15, 0.2) is 30.3 Å². The average molecular weight is 349 g/mol. The highest BCUT2D eigenvalue weighted by atomic mass is 35.5. The molecule has 0 amide bonds. The molecule has 0 atom stereocenters. The van der Waals surface area contributed by atoms with E-state index in [4.69, 9.17) is 39.5 Å². The van der Waals surface area contributed by atoms with Crippen LogP contribution in [0.4, 0.5) is 4.39 Å². The first kappa shape index (κ1) is 16.4. The average Bonchev–Trinajstić information content (AvgIpc) is 2.41. The normalized spacial score (nSPS) is 10.7. The van der Waals surface area contributed by atoms with E-state index in [0.717, 1.165) is 5.56 Å². The van der Waals surface area contributed by atoms with E-state index in [-0.39, 0.29) is 12.4 Å². The van der Waals surface area contributed by atoms with Gasteiger partial charge in [-0.1, -0.05) is 34.8 Å². The van der Waals surface area contributed by atoms with Crippen molar-refractivity contribution in [1.29, 1.82) is 0 Å². The molecule has 0 radical (unpaired) electrons. The molecule has 0 saturated carbocycles. The van der Waals surface area contributed by atoms with Gasteiger partial charge in [0.1, 0.15) is 18.2 Å². The van der Waals surface area contributed by atoms with Gasteiger partial charge in [0.25, 0.3) is 0 Å². The topological polar surface area (TPSA) is 21.3 Å². The molecule has 0 spiro atoms. The van der Waals surface area contributed by atoms with Crippen molar-refractivity contribution >= 4 is 34.8 Å². The maximum absolute atomic E-state index is 13.7. The Labute approximate surface area is 137 Å². The number of hydrogen-bond donors (Lipinski definition) is 1. The van der Waals surface area contributed by atoms with Crippen LogP contribution in [-0.2, 0) is 13.2 Å². The van der Waals surface area contributed by atoms with E-state index in [1.165, 1.54) is 18.2 Å². The van der Waals surface area contributed by atoms with Gasteiger partial charge in [0.05, 0.1) is 5.02 Å². The zero-order valence-electron chi connectivity index (χ0n) is 11.2. The molecule has 112 valence electrons. The predicted molar refractivity (Wildman–Crippen MR) is 85.0 cm³/mol. The monoisotopic (exact) mass is 347 g/mol. The second kappa shape index (κ2) is 7.32. The standard InChI is InChI=1S/C15H13Cl3FNO/c1-20-7-9-4-12(17)6-13(18)15(9)21-8-10-5-11(16)2-3-14(10)19/h2-6,20H,7-8H2,1H3. The second-order valence-corrected chi connectivity index (χ2v) is 5.71. The lowest BCUT2D eigenvalue weighted by Gasteiger charge is -2.14. The first-order chi connectivity index (χ1) is 10.0. The zero-order valence-corrected chi connectivity index (χ0v) is 13.5. The number of halogens is 4. The van der Waals surface area contributed by atoms with Crippen LogP contribution >= 0.6 is 34.8 Å². The molecule has 0 aliphatic rings. The molecule has 0 aromatic heterocycles. The van der Waals surface area contributed by atoms with Crippen LogP contribution in [0.3, 0.4) is 0 Å². The summed E-state index contributed by atoms with van der Waals surface area (Å²) in [5.41, 5.74) is 1.17. The molecular weight excluding hydrogens is 336 g/mol. The maximum atomic E-state index is 13.7. The minimum Gasteiger partial charge on any atom is -0.487 e. The lowest BCUT2D eigenvalue weighted by Crippen LogP contribution is -2.08. The van der Waals surface area contributed by atoms with Gasteiger partial charge in [-0.05, 0) is 37.4 Å². The van der Waals surface area contributed by atoms with Crippen LogP contribution < -0.4 is 10.1 Å². The maximum Gasteiger partial charge on any atom is 0.142 e. The Kier molecular flexibility index (Phi) is 5.71. The fraction of sp³-hybridized carbons (Fsp3) is 0.200. The van der Waals surface area contributed by atoms with Crippen molar-refractivity contribution in [2.24, 2.45) is 0 Å². The first-order valence-corrected chi connectivity index (χ1v) is 7.34. The molecule has 0 aliphatic heterocycles. The molecule has 2 rings (SSSR count). The molecule has 0 bridgehead atoms. The third kappa shape index (κ3) is 4.24. The molecule has 2 aromatic carbocycles. The third-order valence-electron chi connectivity index (χ3n) is 2.83.